The molecule has 2 rings (SSSR count). The van der Waals surface area contributed by atoms with Crippen LogP contribution in [0.1, 0.15) is 12.0 Å². The van der Waals surface area contributed by atoms with E-state index in [1.807, 2.05) is 12.4 Å². The predicted octanol–water partition coefficient (Wildman–Crippen LogP) is 0.890. The summed E-state index contributed by atoms with van der Waals surface area (Å²) in [6.07, 6.45) is 5.18. The lowest BCUT2D eigenvalue weighted by Gasteiger charge is -2.21. The molecule has 4 heteroatoms. The summed E-state index contributed by atoms with van der Waals surface area (Å²) >= 11 is 0. The quantitative estimate of drug-likeness (QED) is 0.822. The molecule has 1 aliphatic rings. The molecule has 1 aromatic heterocycles. The van der Waals surface area contributed by atoms with Gasteiger partial charge in [-0.3, -0.25) is 4.98 Å². The van der Waals surface area contributed by atoms with Crippen LogP contribution in [0.3, 0.4) is 0 Å². The van der Waals surface area contributed by atoms with E-state index >= 15 is 0 Å². The maximum absolute atomic E-state index is 5.35. The highest BCUT2D eigenvalue weighted by Gasteiger charge is 2.24. The van der Waals surface area contributed by atoms with Crippen molar-refractivity contribution in [3.63, 3.8) is 0 Å². The van der Waals surface area contributed by atoms with Crippen molar-refractivity contribution in [2.45, 2.75) is 25.1 Å². The molecule has 94 valence electrons. The van der Waals surface area contributed by atoms with Gasteiger partial charge in [-0.1, -0.05) is 0 Å². The van der Waals surface area contributed by atoms with Crippen molar-refractivity contribution >= 4 is 0 Å². The highest BCUT2D eigenvalue weighted by Crippen LogP contribution is 2.11. The van der Waals surface area contributed by atoms with Gasteiger partial charge in [-0.15, -0.1) is 0 Å². The summed E-state index contributed by atoms with van der Waals surface area (Å²) in [6.45, 7) is 3.00. The van der Waals surface area contributed by atoms with Gasteiger partial charge in [0.25, 0.3) is 0 Å². The number of nitrogens with one attached hydrogen (secondary N) is 1. The highest BCUT2D eigenvalue weighted by molar-refractivity contribution is 5.09. The van der Waals surface area contributed by atoms with Crippen LogP contribution in [0.2, 0.25) is 0 Å². The Morgan fingerprint density at radius 2 is 2.24 bits per heavy atom. The van der Waals surface area contributed by atoms with Crippen molar-refractivity contribution in [3.8, 4) is 0 Å². The summed E-state index contributed by atoms with van der Waals surface area (Å²) in [5.74, 6) is 0. The molecule has 1 aromatic rings. The third-order valence-electron chi connectivity index (χ3n) is 3.25. The van der Waals surface area contributed by atoms with Gasteiger partial charge in [0.15, 0.2) is 0 Å². The van der Waals surface area contributed by atoms with E-state index < -0.39 is 0 Å². The maximum Gasteiger partial charge on any atom is 0.0711 e. The van der Waals surface area contributed by atoms with Crippen LogP contribution in [0, 0.1) is 0 Å². The first kappa shape index (κ1) is 12.5. The minimum atomic E-state index is 0.384. The van der Waals surface area contributed by atoms with Crippen LogP contribution in [-0.4, -0.2) is 49.3 Å². The SMILES string of the molecule is COC1CNC(CN(C)Cc2ccncc2)C1. The van der Waals surface area contributed by atoms with E-state index in [0.29, 0.717) is 12.1 Å². The number of methoxy groups -OCH3 is 1. The summed E-state index contributed by atoms with van der Waals surface area (Å²) in [7, 11) is 3.94. The number of hydrogen-bond donors (Lipinski definition) is 1. The van der Waals surface area contributed by atoms with E-state index in [2.05, 4.69) is 34.4 Å². The number of hydrogen-bond acceptors (Lipinski definition) is 4. The Labute approximate surface area is 103 Å². The topological polar surface area (TPSA) is 37.4 Å². The Morgan fingerprint density at radius 3 is 2.88 bits per heavy atom. The van der Waals surface area contributed by atoms with Gasteiger partial charge in [-0.25, -0.2) is 0 Å². The number of nitrogens with zero attached hydrogens (tertiary/aromatic N) is 2. The number of aromatic nitrogens is 1. The van der Waals surface area contributed by atoms with Crippen LogP contribution >= 0.6 is 0 Å². The molecule has 1 saturated heterocycles. The van der Waals surface area contributed by atoms with Gasteiger partial charge in [0, 0.05) is 45.2 Å². The average Bonchev–Trinajstić information content (AvgIpc) is 2.78. The summed E-state index contributed by atoms with van der Waals surface area (Å²) in [5, 5.41) is 3.50. The summed E-state index contributed by atoms with van der Waals surface area (Å²) in [6, 6.07) is 4.68. The van der Waals surface area contributed by atoms with Crippen LogP contribution in [0.25, 0.3) is 0 Å². The monoisotopic (exact) mass is 235 g/mol. The zero-order valence-electron chi connectivity index (χ0n) is 10.6. The normalized spacial score (nSPS) is 24.4. The molecule has 1 fully saturated rings. The average molecular weight is 235 g/mol. The van der Waals surface area contributed by atoms with Gasteiger partial charge < -0.3 is 15.0 Å². The molecule has 2 atom stereocenters. The number of likely N-dealkylation sites (N-methyl/N-ethyl adjacent to an activating group) is 1. The molecule has 1 aliphatic heterocycles. The number of ether oxygens (including phenoxy) is 1. The minimum absolute atomic E-state index is 0.384. The standard InChI is InChI=1S/C13H21N3O/c1-16(9-11-3-5-14-6-4-11)10-12-7-13(17-2)8-15-12/h3-6,12-13,15H,7-10H2,1-2H3. The maximum atomic E-state index is 5.35. The van der Waals surface area contributed by atoms with E-state index in [4.69, 9.17) is 4.74 Å². The van der Waals surface area contributed by atoms with Crippen molar-refractivity contribution in [3.05, 3.63) is 30.1 Å². The van der Waals surface area contributed by atoms with Gasteiger partial charge in [-0.05, 0) is 31.2 Å². The molecule has 4 nitrogen and oxygen atoms in total. The largest absolute Gasteiger partial charge is 0.380 e. The fourth-order valence-corrected chi connectivity index (χ4v) is 2.34. The lowest BCUT2D eigenvalue weighted by Crippen LogP contribution is -2.34. The second-order valence-corrected chi connectivity index (χ2v) is 4.75. The molecule has 2 heterocycles. The van der Waals surface area contributed by atoms with Crippen molar-refractivity contribution in [2.24, 2.45) is 0 Å². The van der Waals surface area contributed by atoms with Crippen molar-refractivity contribution in [1.82, 2.24) is 15.2 Å². The molecule has 0 aliphatic carbocycles. The lowest BCUT2D eigenvalue weighted by atomic mass is 10.2. The Balaban J connectivity index is 1.76. The minimum Gasteiger partial charge on any atom is -0.380 e. The van der Waals surface area contributed by atoms with Crippen molar-refractivity contribution in [2.75, 3.05) is 27.2 Å². The van der Waals surface area contributed by atoms with E-state index in [9.17, 15) is 0 Å². The smallest absolute Gasteiger partial charge is 0.0711 e. The van der Waals surface area contributed by atoms with Crippen LogP contribution in [-0.2, 0) is 11.3 Å². The molecule has 0 aromatic carbocycles. The van der Waals surface area contributed by atoms with Crippen molar-refractivity contribution < 1.29 is 4.74 Å². The van der Waals surface area contributed by atoms with E-state index in [1.165, 1.54) is 5.56 Å². The summed E-state index contributed by atoms with van der Waals surface area (Å²) in [4.78, 5) is 6.37. The molecule has 0 saturated carbocycles. The third-order valence-corrected chi connectivity index (χ3v) is 3.25. The fourth-order valence-electron chi connectivity index (χ4n) is 2.34. The number of pyridine rings is 1. The summed E-state index contributed by atoms with van der Waals surface area (Å²) in [5.41, 5.74) is 1.31. The second kappa shape index (κ2) is 6.10. The first-order chi connectivity index (χ1) is 8.28. The Morgan fingerprint density at radius 1 is 1.47 bits per heavy atom. The molecule has 17 heavy (non-hydrogen) atoms. The van der Waals surface area contributed by atoms with Crippen LogP contribution in [0.4, 0.5) is 0 Å². The molecular formula is C13H21N3O. The molecule has 2 unspecified atom stereocenters. The molecule has 0 bridgehead atoms. The Bertz CT molecular complexity index is 331. The molecule has 0 radical (unpaired) electrons. The van der Waals surface area contributed by atoms with E-state index in [1.54, 1.807) is 7.11 Å². The molecule has 0 amide bonds. The van der Waals surface area contributed by atoms with Gasteiger partial charge >= 0.3 is 0 Å². The highest BCUT2D eigenvalue weighted by atomic mass is 16.5. The van der Waals surface area contributed by atoms with E-state index in [-0.39, 0.29) is 0 Å². The zero-order chi connectivity index (χ0) is 12.1. The first-order valence-electron chi connectivity index (χ1n) is 6.11. The first-order valence-corrected chi connectivity index (χ1v) is 6.11. The van der Waals surface area contributed by atoms with Crippen LogP contribution in [0.15, 0.2) is 24.5 Å². The Hall–Kier alpha value is -0.970. The van der Waals surface area contributed by atoms with Gasteiger partial charge in [0.05, 0.1) is 6.10 Å². The van der Waals surface area contributed by atoms with Gasteiger partial charge in [0.1, 0.15) is 0 Å². The van der Waals surface area contributed by atoms with Gasteiger partial charge in [0.2, 0.25) is 0 Å². The molecule has 1 N–H and O–H groups in total. The molecule has 0 spiro atoms. The van der Waals surface area contributed by atoms with Crippen LogP contribution < -0.4 is 5.32 Å². The third kappa shape index (κ3) is 3.77. The Kier molecular flexibility index (Phi) is 4.48. The zero-order valence-corrected chi connectivity index (χ0v) is 10.6. The second-order valence-electron chi connectivity index (χ2n) is 4.75. The fraction of sp³-hybridized carbons (Fsp3) is 0.615. The van der Waals surface area contributed by atoms with E-state index in [0.717, 1.165) is 26.1 Å². The lowest BCUT2D eigenvalue weighted by molar-refractivity contribution is 0.116. The number of rotatable bonds is 5. The van der Waals surface area contributed by atoms with Crippen molar-refractivity contribution in [1.29, 1.82) is 0 Å². The molecular weight excluding hydrogens is 214 g/mol. The van der Waals surface area contributed by atoms with Crippen LogP contribution in [0.5, 0.6) is 0 Å². The summed E-state index contributed by atoms with van der Waals surface area (Å²) < 4.78 is 5.35. The van der Waals surface area contributed by atoms with Gasteiger partial charge in [-0.2, -0.15) is 0 Å². The predicted molar refractivity (Wildman–Crippen MR) is 67.8 cm³/mol.